The van der Waals surface area contributed by atoms with Crippen LogP contribution in [0.5, 0.6) is 0 Å². The van der Waals surface area contributed by atoms with Crippen LogP contribution in [0.3, 0.4) is 0 Å². The molecule has 0 bridgehead atoms. The highest BCUT2D eigenvalue weighted by molar-refractivity contribution is 6.30. The second kappa shape index (κ2) is 7.74. The molecule has 4 heteroatoms. The quantitative estimate of drug-likeness (QED) is 0.632. The van der Waals surface area contributed by atoms with Gasteiger partial charge in [-0.15, -0.1) is 6.58 Å². The molecule has 0 aromatic heterocycles. The van der Waals surface area contributed by atoms with E-state index in [-0.39, 0.29) is 23.9 Å². The molecule has 5 atom stereocenters. The highest BCUT2D eigenvalue weighted by atomic mass is 35.5. The summed E-state index contributed by atoms with van der Waals surface area (Å²) in [4.78, 5) is 0. The molecule has 2 N–H and O–H groups in total. The Hall–Kier alpha value is -1.32. The molecule has 2 aromatic rings. The van der Waals surface area contributed by atoms with E-state index in [0.29, 0.717) is 16.5 Å². The second-order valence-electron chi connectivity index (χ2n) is 7.29. The zero-order chi connectivity index (χ0) is 18.9. The fourth-order valence-corrected chi connectivity index (χ4v) is 4.44. The van der Waals surface area contributed by atoms with Crippen LogP contribution in [0.25, 0.3) is 0 Å². The minimum atomic E-state index is -0.860. The van der Waals surface area contributed by atoms with E-state index in [1.54, 1.807) is 0 Å². The van der Waals surface area contributed by atoms with E-state index in [9.17, 15) is 5.11 Å². The maximum atomic E-state index is 11.6. The summed E-state index contributed by atoms with van der Waals surface area (Å²) in [6.07, 6.45) is 2.36. The van der Waals surface area contributed by atoms with E-state index in [2.05, 4.69) is 25.7 Å². The summed E-state index contributed by atoms with van der Waals surface area (Å²) in [5.41, 5.74) is 1.38. The number of benzene rings is 2. The molecule has 0 amide bonds. The lowest BCUT2D eigenvalue weighted by Crippen LogP contribution is -2.57. The van der Waals surface area contributed by atoms with Crippen LogP contribution in [-0.2, 0) is 0 Å². The zero-order valence-corrected chi connectivity index (χ0v) is 16.6. The van der Waals surface area contributed by atoms with Crippen molar-refractivity contribution >= 4 is 23.2 Å². The van der Waals surface area contributed by atoms with Gasteiger partial charge in [0.25, 0.3) is 0 Å². The average molecular weight is 390 g/mol. The average Bonchev–Trinajstić information content (AvgIpc) is 2.63. The van der Waals surface area contributed by atoms with Crippen molar-refractivity contribution in [1.82, 2.24) is 5.32 Å². The van der Waals surface area contributed by atoms with E-state index in [1.807, 2.05) is 54.6 Å². The van der Waals surface area contributed by atoms with Crippen molar-refractivity contribution in [2.75, 3.05) is 0 Å². The van der Waals surface area contributed by atoms with Crippen molar-refractivity contribution in [2.45, 2.75) is 38.0 Å². The van der Waals surface area contributed by atoms with Crippen LogP contribution in [0.2, 0.25) is 10.0 Å². The zero-order valence-electron chi connectivity index (χ0n) is 15.1. The molecule has 1 aliphatic heterocycles. The first-order valence-corrected chi connectivity index (χ1v) is 9.72. The SMILES string of the molecule is C=CCC1(O)[C@H](C)[C@@H](c2ccc(Cl)cc2)N[C@@H](c2ccc(Cl)cc2)[C@@H]1C. The summed E-state index contributed by atoms with van der Waals surface area (Å²) in [6.45, 7) is 8.08. The molecule has 0 saturated carbocycles. The molecule has 0 spiro atoms. The predicted molar refractivity (Wildman–Crippen MR) is 110 cm³/mol. The minimum Gasteiger partial charge on any atom is -0.389 e. The topological polar surface area (TPSA) is 32.3 Å². The van der Waals surface area contributed by atoms with Crippen molar-refractivity contribution in [3.05, 3.63) is 82.4 Å². The monoisotopic (exact) mass is 389 g/mol. The number of nitrogens with one attached hydrogen (secondary N) is 1. The van der Waals surface area contributed by atoms with Crippen molar-refractivity contribution < 1.29 is 5.11 Å². The van der Waals surface area contributed by atoms with E-state index >= 15 is 0 Å². The van der Waals surface area contributed by atoms with Crippen LogP contribution in [0, 0.1) is 11.8 Å². The van der Waals surface area contributed by atoms with E-state index in [0.717, 1.165) is 11.1 Å². The van der Waals surface area contributed by atoms with Gasteiger partial charge in [0, 0.05) is 34.0 Å². The number of piperidine rings is 1. The van der Waals surface area contributed by atoms with Gasteiger partial charge in [0.15, 0.2) is 0 Å². The highest BCUT2D eigenvalue weighted by Crippen LogP contribution is 2.48. The van der Waals surface area contributed by atoms with Gasteiger partial charge in [-0.25, -0.2) is 0 Å². The number of halogens is 2. The van der Waals surface area contributed by atoms with Gasteiger partial charge >= 0.3 is 0 Å². The van der Waals surface area contributed by atoms with Crippen LogP contribution in [0.4, 0.5) is 0 Å². The molecule has 1 heterocycles. The van der Waals surface area contributed by atoms with Gasteiger partial charge in [0.2, 0.25) is 0 Å². The van der Waals surface area contributed by atoms with Crippen molar-refractivity contribution in [3.63, 3.8) is 0 Å². The van der Waals surface area contributed by atoms with Crippen molar-refractivity contribution in [2.24, 2.45) is 11.8 Å². The Kier molecular flexibility index (Phi) is 5.78. The standard InChI is InChI=1S/C22H25Cl2NO/c1-4-13-22(26)14(2)20(16-5-9-18(23)10-6-16)25-21(15(22)3)17-7-11-19(24)12-8-17/h4-12,14-15,20-21,25-26H,1,13H2,2-3H3/t14-,15+,20+,21-,22?. The molecule has 2 nitrogen and oxygen atoms in total. The molecule has 2 aromatic carbocycles. The third kappa shape index (κ3) is 3.57. The third-order valence-corrected chi connectivity index (χ3v) is 6.37. The maximum absolute atomic E-state index is 11.6. The first-order chi connectivity index (χ1) is 12.4. The fourth-order valence-electron chi connectivity index (χ4n) is 4.19. The Morgan fingerprint density at radius 3 is 1.65 bits per heavy atom. The van der Waals surface area contributed by atoms with Gasteiger partial charge in [-0.1, -0.05) is 67.4 Å². The molecule has 1 saturated heterocycles. The molecule has 1 aliphatic rings. The van der Waals surface area contributed by atoms with E-state index < -0.39 is 5.60 Å². The van der Waals surface area contributed by atoms with Crippen molar-refractivity contribution in [3.8, 4) is 0 Å². The third-order valence-electron chi connectivity index (χ3n) is 5.87. The largest absolute Gasteiger partial charge is 0.389 e. The Bertz CT molecular complexity index is 699. The van der Waals surface area contributed by atoms with Gasteiger partial charge < -0.3 is 10.4 Å². The summed E-state index contributed by atoms with van der Waals surface area (Å²) in [7, 11) is 0. The molecule has 0 radical (unpaired) electrons. The molecular weight excluding hydrogens is 365 g/mol. The lowest BCUT2D eigenvalue weighted by molar-refractivity contribution is -0.108. The van der Waals surface area contributed by atoms with Gasteiger partial charge in [-0.2, -0.15) is 0 Å². The molecule has 3 rings (SSSR count). The lowest BCUT2D eigenvalue weighted by Gasteiger charge is -2.52. The van der Waals surface area contributed by atoms with Crippen LogP contribution in [0.1, 0.15) is 43.5 Å². The molecule has 138 valence electrons. The first kappa shape index (κ1) is 19.4. The molecule has 1 unspecified atom stereocenters. The Morgan fingerprint density at radius 1 is 0.923 bits per heavy atom. The summed E-state index contributed by atoms with van der Waals surface area (Å²) < 4.78 is 0. The minimum absolute atomic E-state index is 0.00842. The number of rotatable bonds is 4. The second-order valence-corrected chi connectivity index (χ2v) is 8.16. The maximum Gasteiger partial charge on any atom is 0.0768 e. The summed E-state index contributed by atoms with van der Waals surface area (Å²) >= 11 is 12.1. The van der Waals surface area contributed by atoms with E-state index in [1.165, 1.54) is 0 Å². The predicted octanol–water partition coefficient (Wildman–Crippen LogP) is 5.96. The highest BCUT2D eigenvalue weighted by Gasteiger charge is 2.50. The molecule has 1 fully saturated rings. The van der Waals surface area contributed by atoms with Crippen molar-refractivity contribution in [1.29, 1.82) is 0 Å². The van der Waals surface area contributed by atoms with Crippen LogP contribution < -0.4 is 5.32 Å². The summed E-state index contributed by atoms with van der Waals surface area (Å²) in [6, 6.07) is 15.7. The Labute approximate surface area is 165 Å². The Morgan fingerprint density at radius 2 is 1.31 bits per heavy atom. The summed E-state index contributed by atoms with van der Waals surface area (Å²) in [5.74, 6) is 0.0282. The van der Waals surface area contributed by atoms with Crippen LogP contribution in [-0.4, -0.2) is 10.7 Å². The van der Waals surface area contributed by atoms with E-state index in [4.69, 9.17) is 23.2 Å². The number of hydrogen-bond acceptors (Lipinski definition) is 2. The number of hydrogen-bond donors (Lipinski definition) is 2. The smallest absolute Gasteiger partial charge is 0.0768 e. The van der Waals surface area contributed by atoms with Gasteiger partial charge in [-0.05, 0) is 41.8 Å². The normalized spacial score (nSPS) is 31.6. The lowest BCUT2D eigenvalue weighted by atomic mass is 9.65. The summed E-state index contributed by atoms with van der Waals surface area (Å²) in [5, 5.41) is 16.8. The molecular formula is C22H25Cl2NO. The van der Waals surface area contributed by atoms with Gasteiger partial charge in [-0.3, -0.25) is 0 Å². The van der Waals surface area contributed by atoms with Crippen LogP contribution in [0.15, 0.2) is 61.2 Å². The fraction of sp³-hybridized carbons (Fsp3) is 0.364. The first-order valence-electron chi connectivity index (χ1n) is 8.97. The molecule has 0 aliphatic carbocycles. The van der Waals surface area contributed by atoms with Gasteiger partial charge in [0.05, 0.1) is 5.60 Å². The Balaban J connectivity index is 2.03. The van der Waals surface area contributed by atoms with Crippen LogP contribution >= 0.6 is 23.2 Å². The van der Waals surface area contributed by atoms with Gasteiger partial charge in [0.1, 0.15) is 0 Å². The molecule has 26 heavy (non-hydrogen) atoms. The number of aliphatic hydroxyl groups is 1.